The topological polar surface area (TPSA) is 207 Å². The third kappa shape index (κ3) is 6.59. The zero-order valence-corrected chi connectivity index (χ0v) is 22.6. The quantitative estimate of drug-likeness (QED) is 0.180. The number of hydrogen-bond acceptors (Lipinski definition) is 11. The van der Waals surface area contributed by atoms with Crippen LogP contribution in [0, 0.1) is 0 Å². The van der Waals surface area contributed by atoms with E-state index >= 15 is 0 Å². The fourth-order valence-electron chi connectivity index (χ4n) is 5.06. The molecule has 0 saturated carbocycles. The van der Waals surface area contributed by atoms with Crippen molar-refractivity contribution in [1.82, 2.24) is 10.6 Å². The Morgan fingerprint density at radius 1 is 0.829 bits per heavy atom. The van der Waals surface area contributed by atoms with Crippen LogP contribution in [0.4, 0.5) is 0 Å². The highest BCUT2D eigenvalue weighted by molar-refractivity contribution is 6.01. The first-order chi connectivity index (χ1) is 19.6. The number of amides is 2. The van der Waals surface area contributed by atoms with Crippen molar-refractivity contribution in [1.29, 1.82) is 0 Å². The maximum Gasteiger partial charge on any atom is 0.251 e. The molecule has 2 aromatic rings. The number of aliphatic hydroxyl groups excluding tert-OH is 6. The molecule has 0 aromatic heterocycles. The zero-order chi connectivity index (χ0) is 29.8. The smallest absolute Gasteiger partial charge is 0.251 e. The average molecular weight is 577 g/mol. The zero-order valence-electron chi connectivity index (χ0n) is 22.6. The third-order valence-electron chi connectivity index (χ3n) is 7.35. The number of carbonyl (C=O) groups is 2. The molecule has 224 valence electrons. The van der Waals surface area contributed by atoms with Crippen LogP contribution in [0.3, 0.4) is 0 Å². The lowest BCUT2D eigenvalue weighted by molar-refractivity contribution is -0.329. The number of ether oxygens (including phenoxy) is 3. The molecule has 9 atom stereocenters. The summed E-state index contributed by atoms with van der Waals surface area (Å²) in [5, 5.41) is 66.3. The van der Waals surface area contributed by atoms with Crippen LogP contribution in [-0.2, 0) is 14.2 Å². The summed E-state index contributed by atoms with van der Waals surface area (Å²) in [7, 11) is 2.97. The standard InChI is InChI=1S/C28H36N2O11/c1-29-26(37)16-7-15(8-17(9-16)27(38)30-2)13-4-3-5-14(6-13)25-22(34)19(10-18(11-31)39-25)40-28-24(36)23(35)21(33)20(12-32)41-28/h3-9,18-25,28,31-36H,10-12H2,1-2H3,(H,29,37)(H,30,38)/t18-,19-,20+,21+,22-,23-,24-,25?,28-/m0/s1. The van der Waals surface area contributed by atoms with Crippen molar-refractivity contribution in [2.75, 3.05) is 27.3 Å². The van der Waals surface area contributed by atoms with Crippen LogP contribution in [0.1, 0.15) is 38.8 Å². The van der Waals surface area contributed by atoms with Gasteiger partial charge in [0.15, 0.2) is 6.29 Å². The molecule has 2 aliphatic heterocycles. The van der Waals surface area contributed by atoms with Crippen LogP contribution in [-0.4, -0.2) is 119 Å². The second kappa shape index (κ2) is 13.3. The molecule has 0 aliphatic carbocycles. The highest BCUT2D eigenvalue weighted by atomic mass is 16.7. The van der Waals surface area contributed by atoms with Gasteiger partial charge in [-0.15, -0.1) is 0 Å². The van der Waals surface area contributed by atoms with Gasteiger partial charge >= 0.3 is 0 Å². The van der Waals surface area contributed by atoms with Gasteiger partial charge in [-0.1, -0.05) is 18.2 Å². The minimum Gasteiger partial charge on any atom is -0.394 e. The molecule has 1 unspecified atom stereocenters. The minimum absolute atomic E-state index is 0.0204. The van der Waals surface area contributed by atoms with E-state index in [-0.39, 0.29) is 29.4 Å². The van der Waals surface area contributed by atoms with Gasteiger partial charge in [-0.3, -0.25) is 9.59 Å². The van der Waals surface area contributed by atoms with E-state index in [4.69, 9.17) is 14.2 Å². The van der Waals surface area contributed by atoms with Crippen molar-refractivity contribution in [3.63, 3.8) is 0 Å². The Morgan fingerprint density at radius 3 is 2.07 bits per heavy atom. The normalized spacial score (nSPS) is 31.9. The first-order valence-corrected chi connectivity index (χ1v) is 13.2. The van der Waals surface area contributed by atoms with Gasteiger partial charge in [0, 0.05) is 31.6 Å². The lowest BCUT2D eigenvalue weighted by Gasteiger charge is -2.44. The SMILES string of the molecule is CNC(=O)c1cc(C(=O)NC)cc(-c2cccc(C3O[C@H](CO)C[C@H](O[C@H]4O[C@H](CO)[C@@H](O)[C@H](O)[C@@H]4O)[C@@H]3O)c2)c1. The molecule has 2 amide bonds. The van der Waals surface area contributed by atoms with E-state index in [1.54, 1.807) is 36.4 Å². The lowest BCUT2D eigenvalue weighted by Crippen LogP contribution is -2.60. The van der Waals surface area contributed by atoms with Gasteiger partial charge in [0.05, 0.1) is 25.4 Å². The van der Waals surface area contributed by atoms with Crippen molar-refractivity contribution in [3.05, 3.63) is 59.2 Å². The van der Waals surface area contributed by atoms with Crippen molar-refractivity contribution < 1.29 is 54.4 Å². The molecule has 2 heterocycles. The second-order valence-corrected chi connectivity index (χ2v) is 10.0. The second-order valence-electron chi connectivity index (χ2n) is 10.0. The molecule has 0 bridgehead atoms. The number of nitrogens with one attached hydrogen (secondary N) is 2. The molecule has 0 radical (unpaired) electrons. The molecule has 13 nitrogen and oxygen atoms in total. The molecule has 0 spiro atoms. The van der Waals surface area contributed by atoms with Gasteiger partial charge in [0.25, 0.3) is 11.8 Å². The van der Waals surface area contributed by atoms with Gasteiger partial charge in [-0.2, -0.15) is 0 Å². The monoisotopic (exact) mass is 576 g/mol. The van der Waals surface area contributed by atoms with Crippen LogP contribution in [0.15, 0.2) is 42.5 Å². The van der Waals surface area contributed by atoms with E-state index in [1.165, 1.54) is 20.2 Å². The summed E-state index contributed by atoms with van der Waals surface area (Å²) in [4.78, 5) is 24.8. The van der Waals surface area contributed by atoms with Gasteiger partial charge in [0.1, 0.15) is 36.6 Å². The number of hydrogen-bond donors (Lipinski definition) is 8. The summed E-state index contributed by atoms with van der Waals surface area (Å²) >= 11 is 0. The fraction of sp³-hybridized carbons (Fsp3) is 0.500. The third-order valence-corrected chi connectivity index (χ3v) is 7.35. The summed E-state index contributed by atoms with van der Waals surface area (Å²) in [6.45, 7) is -1.04. The van der Waals surface area contributed by atoms with E-state index in [0.717, 1.165) is 0 Å². The Morgan fingerprint density at radius 2 is 1.49 bits per heavy atom. The van der Waals surface area contributed by atoms with E-state index in [0.29, 0.717) is 16.7 Å². The molecule has 4 rings (SSSR count). The van der Waals surface area contributed by atoms with Crippen LogP contribution in [0.25, 0.3) is 11.1 Å². The van der Waals surface area contributed by atoms with Gasteiger partial charge in [-0.25, -0.2) is 0 Å². The largest absolute Gasteiger partial charge is 0.394 e. The molecule has 2 fully saturated rings. The van der Waals surface area contributed by atoms with Crippen molar-refractivity contribution in [3.8, 4) is 11.1 Å². The first-order valence-electron chi connectivity index (χ1n) is 13.2. The number of rotatable bonds is 8. The van der Waals surface area contributed by atoms with E-state index in [2.05, 4.69) is 10.6 Å². The molecular weight excluding hydrogens is 540 g/mol. The van der Waals surface area contributed by atoms with Crippen LogP contribution >= 0.6 is 0 Å². The van der Waals surface area contributed by atoms with E-state index in [1.807, 2.05) is 0 Å². The molecule has 13 heteroatoms. The molecule has 8 N–H and O–H groups in total. The summed E-state index contributed by atoms with van der Waals surface area (Å²) in [6.07, 6.45) is -11.7. The Labute approximate surface area is 236 Å². The predicted molar refractivity (Wildman–Crippen MR) is 143 cm³/mol. The average Bonchev–Trinajstić information content (AvgIpc) is 3.01. The maximum atomic E-state index is 12.4. The van der Waals surface area contributed by atoms with Crippen molar-refractivity contribution in [2.24, 2.45) is 0 Å². The number of carbonyl (C=O) groups excluding carboxylic acids is 2. The number of benzene rings is 2. The highest BCUT2D eigenvalue weighted by Gasteiger charge is 2.47. The fourth-order valence-corrected chi connectivity index (χ4v) is 5.06. The summed E-state index contributed by atoms with van der Waals surface area (Å²) in [5.74, 6) is -0.753. The Hall–Kier alpha value is -2.98. The van der Waals surface area contributed by atoms with Crippen LogP contribution in [0.2, 0.25) is 0 Å². The first kappa shape index (κ1) is 31.0. The number of aliphatic hydroxyl groups is 6. The molecular formula is C28H36N2O11. The predicted octanol–water partition coefficient (Wildman–Crippen LogP) is -1.56. The van der Waals surface area contributed by atoms with E-state index in [9.17, 15) is 40.2 Å². The molecule has 2 aliphatic rings. The molecule has 2 saturated heterocycles. The van der Waals surface area contributed by atoms with Crippen LogP contribution < -0.4 is 10.6 Å². The summed E-state index contributed by atoms with van der Waals surface area (Å²) in [5.41, 5.74) is 2.23. The summed E-state index contributed by atoms with van der Waals surface area (Å²) < 4.78 is 17.2. The van der Waals surface area contributed by atoms with Crippen molar-refractivity contribution in [2.45, 2.75) is 61.5 Å². The Balaban J connectivity index is 1.63. The molecule has 41 heavy (non-hydrogen) atoms. The lowest BCUT2D eigenvalue weighted by atomic mass is 9.90. The van der Waals surface area contributed by atoms with Gasteiger partial charge < -0.3 is 55.5 Å². The Bertz CT molecular complexity index is 1190. The van der Waals surface area contributed by atoms with Crippen LogP contribution in [0.5, 0.6) is 0 Å². The minimum atomic E-state index is -1.67. The van der Waals surface area contributed by atoms with Gasteiger partial charge in [0.2, 0.25) is 0 Å². The molecule has 2 aromatic carbocycles. The van der Waals surface area contributed by atoms with E-state index < -0.39 is 68.3 Å². The Kier molecular flexibility index (Phi) is 10.1. The summed E-state index contributed by atoms with van der Waals surface area (Å²) in [6, 6.07) is 11.6. The maximum absolute atomic E-state index is 12.4. The highest BCUT2D eigenvalue weighted by Crippen LogP contribution is 2.37. The van der Waals surface area contributed by atoms with Crippen molar-refractivity contribution >= 4 is 11.8 Å². The van der Waals surface area contributed by atoms with Gasteiger partial charge in [-0.05, 0) is 41.0 Å².